The van der Waals surface area contributed by atoms with Crippen LogP contribution >= 0.6 is 34.7 Å². The van der Waals surface area contributed by atoms with Crippen LogP contribution in [0.25, 0.3) is 6.08 Å². The van der Waals surface area contributed by atoms with Crippen LogP contribution in [0.1, 0.15) is 9.75 Å². The number of amidine groups is 1. The van der Waals surface area contributed by atoms with Gasteiger partial charge in [-0.3, -0.25) is 4.79 Å². The Morgan fingerprint density at radius 2 is 2.05 bits per heavy atom. The summed E-state index contributed by atoms with van der Waals surface area (Å²) in [6.07, 6.45) is 1.88. The third-order valence-corrected chi connectivity index (χ3v) is 4.94. The number of rotatable bonds is 2. The summed E-state index contributed by atoms with van der Waals surface area (Å²) in [7, 11) is 0. The van der Waals surface area contributed by atoms with E-state index in [0.717, 1.165) is 4.88 Å². The van der Waals surface area contributed by atoms with E-state index in [0.29, 0.717) is 20.8 Å². The van der Waals surface area contributed by atoms with Crippen molar-refractivity contribution in [1.29, 1.82) is 0 Å². The lowest BCUT2D eigenvalue weighted by Crippen LogP contribution is -2.19. The van der Waals surface area contributed by atoms with Crippen molar-refractivity contribution in [3.8, 4) is 0 Å². The van der Waals surface area contributed by atoms with Crippen LogP contribution in [0.2, 0.25) is 5.02 Å². The van der Waals surface area contributed by atoms with Gasteiger partial charge in [-0.25, -0.2) is 4.99 Å². The van der Waals surface area contributed by atoms with Gasteiger partial charge in [0.15, 0.2) is 5.17 Å². The Kier molecular flexibility index (Phi) is 4.14. The summed E-state index contributed by atoms with van der Waals surface area (Å²) in [6, 6.07) is 11.3. The average Bonchev–Trinajstić information content (AvgIpc) is 3.00. The number of hydrogen-bond acceptors (Lipinski definition) is 4. The molecule has 0 atom stereocenters. The van der Waals surface area contributed by atoms with Crippen LogP contribution in [0.15, 0.2) is 46.3 Å². The Hall–Kier alpha value is -1.56. The number of thioether (sulfide) groups is 1. The van der Waals surface area contributed by atoms with Crippen molar-refractivity contribution in [3.05, 3.63) is 56.1 Å². The lowest BCUT2D eigenvalue weighted by atomic mass is 10.3. The number of aliphatic imine (C=N–C) groups is 1. The number of carbonyl (C=O) groups is 1. The zero-order valence-corrected chi connectivity index (χ0v) is 13.5. The minimum absolute atomic E-state index is 0.128. The van der Waals surface area contributed by atoms with E-state index in [-0.39, 0.29) is 5.91 Å². The molecule has 3 nitrogen and oxygen atoms in total. The van der Waals surface area contributed by atoms with Gasteiger partial charge in [-0.1, -0.05) is 23.7 Å². The second-order valence-electron chi connectivity index (χ2n) is 4.38. The Morgan fingerprint density at radius 1 is 1.24 bits per heavy atom. The molecular formula is C15H11ClN2OS2. The summed E-state index contributed by atoms with van der Waals surface area (Å²) in [5.74, 6) is -0.128. The predicted molar refractivity (Wildman–Crippen MR) is 91.3 cm³/mol. The number of benzene rings is 1. The maximum Gasteiger partial charge on any atom is 0.264 e. The van der Waals surface area contributed by atoms with E-state index in [1.54, 1.807) is 17.4 Å². The summed E-state index contributed by atoms with van der Waals surface area (Å²) in [5, 5.41) is 3.87. The molecule has 6 heteroatoms. The van der Waals surface area contributed by atoms with Gasteiger partial charge in [0, 0.05) is 9.75 Å². The molecule has 1 aromatic carbocycles. The van der Waals surface area contributed by atoms with Crippen molar-refractivity contribution in [2.45, 2.75) is 6.92 Å². The maximum absolute atomic E-state index is 12.0. The van der Waals surface area contributed by atoms with E-state index in [4.69, 9.17) is 11.6 Å². The van der Waals surface area contributed by atoms with Crippen LogP contribution < -0.4 is 5.32 Å². The number of thiophene rings is 1. The third kappa shape index (κ3) is 3.37. The van der Waals surface area contributed by atoms with Crippen molar-refractivity contribution < 1.29 is 4.79 Å². The smallest absolute Gasteiger partial charge is 0.264 e. The molecule has 0 saturated carbocycles. The summed E-state index contributed by atoms with van der Waals surface area (Å²) in [4.78, 5) is 19.3. The van der Waals surface area contributed by atoms with Crippen LogP contribution in [0.4, 0.5) is 5.69 Å². The minimum Gasteiger partial charge on any atom is -0.300 e. The first-order valence-electron chi connectivity index (χ1n) is 6.22. The van der Waals surface area contributed by atoms with Crippen molar-refractivity contribution in [3.63, 3.8) is 0 Å². The van der Waals surface area contributed by atoms with Crippen LogP contribution in [0.5, 0.6) is 0 Å². The topological polar surface area (TPSA) is 41.5 Å². The Morgan fingerprint density at radius 3 is 2.76 bits per heavy atom. The van der Waals surface area contributed by atoms with Crippen LogP contribution in [0.3, 0.4) is 0 Å². The molecule has 0 aliphatic carbocycles. The SMILES string of the molecule is Cc1ccc(C=C2SC(=Nc3ccccc3Cl)NC2=O)s1. The van der Waals surface area contributed by atoms with Gasteiger partial charge < -0.3 is 5.32 Å². The maximum atomic E-state index is 12.0. The number of nitrogens with one attached hydrogen (secondary N) is 1. The Bertz CT molecular complexity index is 765. The van der Waals surface area contributed by atoms with Gasteiger partial charge in [0.05, 0.1) is 15.6 Å². The fraction of sp³-hybridized carbons (Fsp3) is 0.0667. The van der Waals surface area contributed by atoms with Gasteiger partial charge in [0.25, 0.3) is 5.91 Å². The van der Waals surface area contributed by atoms with Crippen molar-refractivity contribution >= 4 is 57.5 Å². The van der Waals surface area contributed by atoms with Gasteiger partial charge in [-0.05, 0) is 49.0 Å². The Labute approximate surface area is 135 Å². The monoisotopic (exact) mass is 334 g/mol. The second-order valence-corrected chi connectivity index (χ2v) is 7.14. The standard InChI is InChI=1S/C15H11ClN2OS2/c1-9-6-7-10(20-9)8-13-14(19)18-15(21-13)17-12-5-3-2-4-11(12)16/h2-8H,1H3,(H,17,18,19). The number of halogens is 1. The first kappa shape index (κ1) is 14.4. The molecule has 1 saturated heterocycles. The molecule has 1 aliphatic rings. The number of amides is 1. The molecule has 0 bridgehead atoms. The fourth-order valence-corrected chi connectivity index (χ4v) is 3.69. The molecule has 1 amide bonds. The highest BCUT2D eigenvalue weighted by atomic mass is 35.5. The first-order valence-corrected chi connectivity index (χ1v) is 8.23. The molecule has 2 heterocycles. The van der Waals surface area contributed by atoms with Crippen molar-refractivity contribution in [2.75, 3.05) is 0 Å². The van der Waals surface area contributed by atoms with E-state index in [1.807, 2.05) is 43.3 Å². The second kappa shape index (κ2) is 6.05. The van der Waals surface area contributed by atoms with Gasteiger partial charge >= 0.3 is 0 Å². The summed E-state index contributed by atoms with van der Waals surface area (Å²) in [5.41, 5.74) is 0.648. The molecule has 1 aromatic heterocycles. The normalized spacial score (nSPS) is 18.5. The van der Waals surface area contributed by atoms with Crippen LogP contribution in [0, 0.1) is 6.92 Å². The first-order chi connectivity index (χ1) is 10.1. The third-order valence-electron chi connectivity index (χ3n) is 2.76. The molecular weight excluding hydrogens is 324 g/mol. The molecule has 0 radical (unpaired) electrons. The Balaban J connectivity index is 1.85. The molecule has 0 unspecified atom stereocenters. The molecule has 0 spiro atoms. The number of para-hydroxylation sites is 1. The molecule has 3 rings (SSSR count). The lowest BCUT2D eigenvalue weighted by Gasteiger charge is -1.98. The van der Waals surface area contributed by atoms with Gasteiger partial charge in [-0.2, -0.15) is 0 Å². The van der Waals surface area contributed by atoms with Crippen molar-refractivity contribution in [1.82, 2.24) is 5.32 Å². The molecule has 1 N–H and O–H groups in total. The number of hydrogen-bond donors (Lipinski definition) is 1. The van der Waals surface area contributed by atoms with E-state index < -0.39 is 0 Å². The molecule has 1 fully saturated rings. The quantitative estimate of drug-likeness (QED) is 0.815. The molecule has 106 valence electrons. The predicted octanol–water partition coefficient (Wildman–Crippen LogP) is 4.60. The zero-order chi connectivity index (χ0) is 14.8. The van der Waals surface area contributed by atoms with E-state index in [9.17, 15) is 4.79 Å². The molecule has 2 aromatic rings. The number of carbonyl (C=O) groups excluding carboxylic acids is 1. The number of nitrogens with zero attached hydrogens (tertiary/aromatic N) is 1. The minimum atomic E-state index is -0.128. The summed E-state index contributed by atoms with van der Waals surface area (Å²) >= 11 is 9.04. The highest BCUT2D eigenvalue weighted by molar-refractivity contribution is 8.18. The van der Waals surface area contributed by atoms with Gasteiger partial charge in [-0.15, -0.1) is 11.3 Å². The van der Waals surface area contributed by atoms with Crippen LogP contribution in [-0.4, -0.2) is 11.1 Å². The highest BCUT2D eigenvalue weighted by Crippen LogP contribution is 2.31. The van der Waals surface area contributed by atoms with E-state index in [2.05, 4.69) is 10.3 Å². The lowest BCUT2D eigenvalue weighted by molar-refractivity contribution is -0.115. The van der Waals surface area contributed by atoms with E-state index in [1.165, 1.54) is 16.6 Å². The van der Waals surface area contributed by atoms with Gasteiger partial charge in [0.2, 0.25) is 0 Å². The summed E-state index contributed by atoms with van der Waals surface area (Å²) in [6.45, 7) is 2.04. The van der Waals surface area contributed by atoms with Crippen LogP contribution in [-0.2, 0) is 4.79 Å². The number of aryl methyl sites for hydroxylation is 1. The van der Waals surface area contributed by atoms with Gasteiger partial charge in [0.1, 0.15) is 0 Å². The zero-order valence-electron chi connectivity index (χ0n) is 11.1. The average molecular weight is 335 g/mol. The van der Waals surface area contributed by atoms with Crippen molar-refractivity contribution in [2.24, 2.45) is 4.99 Å². The van der Waals surface area contributed by atoms with E-state index >= 15 is 0 Å². The fourth-order valence-electron chi connectivity index (χ4n) is 1.79. The summed E-state index contributed by atoms with van der Waals surface area (Å²) < 4.78 is 0. The molecule has 21 heavy (non-hydrogen) atoms. The largest absolute Gasteiger partial charge is 0.300 e. The molecule has 1 aliphatic heterocycles. The highest BCUT2D eigenvalue weighted by Gasteiger charge is 2.24.